The highest BCUT2D eigenvalue weighted by molar-refractivity contribution is 5.76. The van der Waals surface area contributed by atoms with E-state index in [9.17, 15) is 4.79 Å². The van der Waals surface area contributed by atoms with Gasteiger partial charge in [0.25, 0.3) is 0 Å². The number of imidazole rings is 1. The lowest BCUT2D eigenvalue weighted by Gasteiger charge is -2.14. The van der Waals surface area contributed by atoms with Crippen molar-refractivity contribution in [2.75, 3.05) is 0 Å². The van der Waals surface area contributed by atoms with Crippen molar-refractivity contribution in [3.05, 3.63) is 29.6 Å². The number of rotatable bonds is 5. The molecule has 7 nitrogen and oxygen atoms in total. The second-order valence-electron chi connectivity index (χ2n) is 4.51. The Balaban J connectivity index is 1.85. The Hall–Kier alpha value is -2.18. The van der Waals surface area contributed by atoms with Crippen LogP contribution in [0.2, 0.25) is 0 Å². The lowest BCUT2D eigenvalue weighted by Crippen LogP contribution is -2.26. The molecule has 2 rings (SSSR count). The van der Waals surface area contributed by atoms with Gasteiger partial charge < -0.3 is 9.88 Å². The minimum absolute atomic E-state index is 0.0389. The van der Waals surface area contributed by atoms with E-state index in [1.54, 1.807) is 13.1 Å². The number of amides is 1. The molecule has 0 bridgehead atoms. The van der Waals surface area contributed by atoms with Crippen molar-refractivity contribution in [3.63, 3.8) is 0 Å². The van der Waals surface area contributed by atoms with Crippen LogP contribution in [-0.2, 0) is 11.3 Å². The van der Waals surface area contributed by atoms with Crippen molar-refractivity contribution in [2.45, 2.75) is 39.8 Å². The molecule has 1 amide bonds. The van der Waals surface area contributed by atoms with Gasteiger partial charge in [0.2, 0.25) is 5.91 Å². The van der Waals surface area contributed by atoms with Gasteiger partial charge in [-0.3, -0.25) is 4.79 Å². The van der Waals surface area contributed by atoms with Crippen LogP contribution >= 0.6 is 0 Å². The fourth-order valence-corrected chi connectivity index (χ4v) is 1.88. The van der Waals surface area contributed by atoms with E-state index < -0.39 is 0 Å². The number of aromatic nitrogens is 4. The number of hydrogen-bond donors (Lipinski definition) is 1. The standard InChI is InChI=1S/C12H17N5O2/c1-8(17-5-4-13-10(17)3)6-12(18)14-7-11-9(2)15-19-16-11/h4-5,8H,6-7H2,1-3H3,(H,14,18)/t8-/m1/s1. The highest BCUT2D eigenvalue weighted by Crippen LogP contribution is 2.12. The van der Waals surface area contributed by atoms with E-state index in [1.165, 1.54) is 0 Å². The summed E-state index contributed by atoms with van der Waals surface area (Å²) in [5, 5.41) is 10.2. The number of hydrogen-bond acceptors (Lipinski definition) is 5. The summed E-state index contributed by atoms with van der Waals surface area (Å²) < 4.78 is 6.54. The second kappa shape index (κ2) is 5.64. The zero-order valence-electron chi connectivity index (χ0n) is 11.3. The molecule has 1 N–H and O–H groups in total. The van der Waals surface area contributed by atoms with Gasteiger partial charge in [0.05, 0.1) is 6.54 Å². The maximum atomic E-state index is 11.8. The molecule has 0 saturated carbocycles. The van der Waals surface area contributed by atoms with Gasteiger partial charge in [-0.15, -0.1) is 0 Å². The highest BCUT2D eigenvalue weighted by atomic mass is 16.6. The van der Waals surface area contributed by atoms with E-state index >= 15 is 0 Å². The third-order valence-electron chi connectivity index (χ3n) is 3.02. The first kappa shape index (κ1) is 13.3. The fraction of sp³-hybridized carbons (Fsp3) is 0.500. The molecule has 0 spiro atoms. The molecule has 0 saturated heterocycles. The Morgan fingerprint density at radius 3 is 2.84 bits per heavy atom. The normalized spacial score (nSPS) is 12.4. The lowest BCUT2D eigenvalue weighted by molar-refractivity contribution is -0.121. The summed E-state index contributed by atoms with van der Waals surface area (Å²) in [6.45, 7) is 6.02. The summed E-state index contributed by atoms with van der Waals surface area (Å²) in [5.41, 5.74) is 1.35. The summed E-state index contributed by atoms with van der Waals surface area (Å²) in [7, 11) is 0. The minimum atomic E-state index is -0.0389. The Morgan fingerprint density at radius 2 is 2.26 bits per heavy atom. The number of carbonyl (C=O) groups excluding carboxylic acids is 1. The third kappa shape index (κ3) is 3.18. The number of nitrogens with one attached hydrogen (secondary N) is 1. The topological polar surface area (TPSA) is 85.8 Å². The molecule has 0 unspecified atom stereocenters. The van der Waals surface area contributed by atoms with Gasteiger partial charge in [-0.2, -0.15) is 0 Å². The van der Waals surface area contributed by atoms with Crippen LogP contribution in [0.3, 0.4) is 0 Å². The number of aryl methyl sites for hydroxylation is 2. The molecule has 1 atom stereocenters. The van der Waals surface area contributed by atoms with Crippen LogP contribution in [0.1, 0.15) is 36.6 Å². The lowest BCUT2D eigenvalue weighted by atomic mass is 10.2. The van der Waals surface area contributed by atoms with Crippen LogP contribution in [0.5, 0.6) is 0 Å². The Morgan fingerprint density at radius 1 is 1.47 bits per heavy atom. The van der Waals surface area contributed by atoms with Gasteiger partial charge in [-0.05, 0) is 20.8 Å². The monoisotopic (exact) mass is 263 g/mol. The molecular formula is C12H17N5O2. The zero-order valence-corrected chi connectivity index (χ0v) is 11.3. The van der Waals surface area contributed by atoms with Gasteiger partial charge in [0, 0.05) is 24.9 Å². The molecule has 0 fully saturated rings. The van der Waals surface area contributed by atoms with Crippen LogP contribution in [0.4, 0.5) is 0 Å². The fourth-order valence-electron chi connectivity index (χ4n) is 1.88. The van der Waals surface area contributed by atoms with E-state index in [2.05, 4.69) is 25.2 Å². The van der Waals surface area contributed by atoms with Gasteiger partial charge in [0.15, 0.2) is 0 Å². The van der Waals surface area contributed by atoms with Crippen molar-refractivity contribution in [3.8, 4) is 0 Å². The third-order valence-corrected chi connectivity index (χ3v) is 3.02. The highest BCUT2D eigenvalue weighted by Gasteiger charge is 2.13. The summed E-state index contributed by atoms with van der Waals surface area (Å²) in [4.78, 5) is 16.0. The van der Waals surface area contributed by atoms with Crippen molar-refractivity contribution in [1.82, 2.24) is 25.2 Å². The van der Waals surface area contributed by atoms with E-state index in [4.69, 9.17) is 0 Å². The molecule has 2 heterocycles. The van der Waals surface area contributed by atoms with E-state index in [0.29, 0.717) is 24.4 Å². The number of carbonyl (C=O) groups is 1. The van der Waals surface area contributed by atoms with E-state index in [0.717, 1.165) is 5.82 Å². The Bertz CT molecular complexity index is 560. The average Bonchev–Trinajstić information content (AvgIpc) is 2.95. The average molecular weight is 263 g/mol. The molecule has 0 aromatic carbocycles. The van der Waals surface area contributed by atoms with Gasteiger partial charge in [-0.25, -0.2) is 9.61 Å². The molecule has 19 heavy (non-hydrogen) atoms. The quantitative estimate of drug-likeness (QED) is 0.874. The van der Waals surface area contributed by atoms with Crippen LogP contribution in [0.25, 0.3) is 0 Å². The predicted molar refractivity (Wildman–Crippen MR) is 67.2 cm³/mol. The molecule has 0 aliphatic rings. The summed E-state index contributed by atoms with van der Waals surface area (Å²) in [6, 6.07) is 0.0685. The van der Waals surface area contributed by atoms with E-state index in [1.807, 2.05) is 24.6 Å². The van der Waals surface area contributed by atoms with Gasteiger partial charge in [0.1, 0.15) is 17.2 Å². The SMILES string of the molecule is Cc1nonc1CNC(=O)C[C@@H](C)n1ccnc1C. The van der Waals surface area contributed by atoms with Crippen molar-refractivity contribution < 1.29 is 9.42 Å². The van der Waals surface area contributed by atoms with Crippen molar-refractivity contribution in [2.24, 2.45) is 0 Å². The molecule has 0 aliphatic carbocycles. The molecular weight excluding hydrogens is 246 g/mol. The zero-order chi connectivity index (χ0) is 13.8. The Labute approximate surface area is 111 Å². The van der Waals surface area contributed by atoms with Crippen LogP contribution in [-0.4, -0.2) is 25.8 Å². The molecule has 102 valence electrons. The number of nitrogens with zero attached hydrogens (tertiary/aromatic N) is 4. The predicted octanol–water partition coefficient (Wildman–Crippen LogP) is 1.15. The van der Waals surface area contributed by atoms with Crippen LogP contribution in [0.15, 0.2) is 17.0 Å². The molecule has 7 heteroatoms. The minimum Gasteiger partial charge on any atom is -0.350 e. The summed E-state index contributed by atoms with van der Waals surface area (Å²) in [6.07, 6.45) is 3.99. The molecule has 0 radical (unpaired) electrons. The first-order valence-electron chi connectivity index (χ1n) is 6.12. The van der Waals surface area contributed by atoms with Crippen LogP contribution in [0, 0.1) is 13.8 Å². The Kier molecular flexibility index (Phi) is 3.94. The molecule has 2 aromatic rings. The largest absolute Gasteiger partial charge is 0.350 e. The van der Waals surface area contributed by atoms with Crippen molar-refractivity contribution in [1.29, 1.82) is 0 Å². The maximum Gasteiger partial charge on any atom is 0.222 e. The molecule has 2 aromatic heterocycles. The maximum absolute atomic E-state index is 11.8. The first-order chi connectivity index (χ1) is 9.08. The van der Waals surface area contributed by atoms with Crippen molar-refractivity contribution >= 4 is 5.91 Å². The second-order valence-corrected chi connectivity index (χ2v) is 4.51. The summed E-state index contributed by atoms with van der Waals surface area (Å²) >= 11 is 0. The smallest absolute Gasteiger partial charge is 0.222 e. The van der Waals surface area contributed by atoms with Crippen LogP contribution < -0.4 is 5.32 Å². The molecule has 0 aliphatic heterocycles. The summed E-state index contributed by atoms with van der Waals surface area (Å²) in [5.74, 6) is 0.861. The van der Waals surface area contributed by atoms with E-state index in [-0.39, 0.29) is 11.9 Å². The first-order valence-corrected chi connectivity index (χ1v) is 6.12. The van der Waals surface area contributed by atoms with Gasteiger partial charge in [-0.1, -0.05) is 10.3 Å². The van der Waals surface area contributed by atoms with Gasteiger partial charge >= 0.3 is 0 Å².